The summed E-state index contributed by atoms with van der Waals surface area (Å²) in [7, 11) is 0. The predicted molar refractivity (Wildman–Crippen MR) is 136 cm³/mol. The number of aliphatic hydroxyl groups excluding tert-OH is 1. The summed E-state index contributed by atoms with van der Waals surface area (Å²) < 4.78 is 4.32. The number of fused-ring (bicyclic) bond motifs is 9. The van der Waals surface area contributed by atoms with Crippen molar-refractivity contribution in [1.29, 1.82) is 0 Å². The molecule has 2 aliphatic rings. The number of benzene rings is 3. The zero-order valence-electron chi connectivity index (χ0n) is 19.0. The van der Waals surface area contributed by atoms with Gasteiger partial charge >= 0.3 is 0 Å². The van der Waals surface area contributed by atoms with Crippen LogP contribution in [-0.4, -0.2) is 42.1 Å². The normalized spacial score (nSPS) is 17.3. The summed E-state index contributed by atoms with van der Waals surface area (Å²) in [6.07, 6.45) is 5.04. The molecule has 1 atom stereocenters. The van der Waals surface area contributed by atoms with Gasteiger partial charge in [-0.15, -0.1) is 0 Å². The molecule has 2 amide bonds. The maximum Gasteiger partial charge on any atom is 0.259 e. The van der Waals surface area contributed by atoms with Crippen LogP contribution in [0.25, 0.3) is 54.7 Å². The standard InChI is InChI=1S/C28H19N5O3/c34-16-7-8-32-20-6-5-14(15-10-29-13-30-11-15)9-18(20)22-24-23(27(35)31-28(24)36)21-17-3-1-2-4-19(17)33(12-16)26(21)25(22)32/h1-6,9-11,13,16,34H,7-8,12H2,(H,31,35,36). The van der Waals surface area contributed by atoms with Gasteiger partial charge in [-0.2, -0.15) is 0 Å². The van der Waals surface area contributed by atoms with E-state index in [1.165, 1.54) is 6.33 Å². The lowest BCUT2D eigenvalue weighted by Gasteiger charge is -2.20. The second-order valence-corrected chi connectivity index (χ2v) is 9.56. The van der Waals surface area contributed by atoms with E-state index < -0.39 is 6.10 Å². The Morgan fingerprint density at radius 3 is 2.33 bits per heavy atom. The summed E-state index contributed by atoms with van der Waals surface area (Å²) in [5.41, 5.74) is 6.34. The number of imide groups is 1. The Hall–Kier alpha value is -4.56. The second kappa shape index (κ2) is 6.77. The van der Waals surface area contributed by atoms with E-state index in [1.54, 1.807) is 12.4 Å². The Bertz CT molecular complexity index is 1950. The van der Waals surface area contributed by atoms with Crippen LogP contribution in [0.15, 0.2) is 61.2 Å². The average molecular weight is 473 g/mol. The van der Waals surface area contributed by atoms with Crippen molar-refractivity contribution in [1.82, 2.24) is 24.4 Å². The topological polar surface area (TPSA) is 102 Å². The minimum absolute atomic E-state index is 0.372. The lowest BCUT2D eigenvalue weighted by Crippen LogP contribution is -2.20. The molecule has 6 aromatic rings. The highest BCUT2D eigenvalue weighted by atomic mass is 16.3. The Kier molecular flexibility index (Phi) is 3.71. The zero-order chi connectivity index (χ0) is 24.1. The molecule has 5 heterocycles. The third kappa shape index (κ3) is 2.36. The van der Waals surface area contributed by atoms with Gasteiger partial charge in [-0.1, -0.05) is 24.3 Å². The number of amides is 2. The van der Waals surface area contributed by atoms with Gasteiger partial charge in [0, 0.05) is 63.6 Å². The van der Waals surface area contributed by atoms with Crippen LogP contribution in [0.3, 0.4) is 0 Å². The van der Waals surface area contributed by atoms with E-state index in [2.05, 4.69) is 30.5 Å². The maximum absolute atomic E-state index is 13.3. The lowest BCUT2D eigenvalue weighted by atomic mass is 9.95. The minimum Gasteiger partial charge on any atom is -0.391 e. The lowest BCUT2D eigenvalue weighted by molar-refractivity contribution is 0.0880. The van der Waals surface area contributed by atoms with Crippen LogP contribution in [0.2, 0.25) is 0 Å². The van der Waals surface area contributed by atoms with Crippen LogP contribution >= 0.6 is 0 Å². The summed E-state index contributed by atoms with van der Waals surface area (Å²) in [4.78, 5) is 34.9. The van der Waals surface area contributed by atoms with Crippen LogP contribution in [0.1, 0.15) is 27.1 Å². The molecule has 2 aliphatic heterocycles. The fourth-order valence-electron chi connectivity index (χ4n) is 6.22. The van der Waals surface area contributed by atoms with Gasteiger partial charge in [0.15, 0.2) is 0 Å². The Balaban J connectivity index is 1.66. The molecule has 8 nitrogen and oxygen atoms in total. The van der Waals surface area contributed by atoms with Gasteiger partial charge in [0.2, 0.25) is 0 Å². The van der Waals surface area contributed by atoms with Crippen molar-refractivity contribution in [3.63, 3.8) is 0 Å². The Morgan fingerprint density at radius 1 is 0.833 bits per heavy atom. The first-order valence-electron chi connectivity index (χ1n) is 11.9. The van der Waals surface area contributed by atoms with Crippen LogP contribution in [0.4, 0.5) is 0 Å². The van der Waals surface area contributed by atoms with Crippen LogP contribution in [0.5, 0.6) is 0 Å². The van der Waals surface area contributed by atoms with E-state index in [1.807, 2.05) is 36.4 Å². The van der Waals surface area contributed by atoms with E-state index >= 15 is 0 Å². The highest BCUT2D eigenvalue weighted by Crippen LogP contribution is 2.46. The molecule has 0 saturated carbocycles. The van der Waals surface area contributed by atoms with Gasteiger partial charge in [-0.05, 0) is 30.2 Å². The molecule has 1 unspecified atom stereocenters. The first kappa shape index (κ1) is 19.7. The molecule has 3 aromatic carbocycles. The van der Waals surface area contributed by atoms with Gasteiger partial charge in [0.05, 0.1) is 28.3 Å². The number of aromatic nitrogens is 4. The summed E-state index contributed by atoms with van der Waals surface area (Å²) in [6, 6.07) is 14.0. The van der Waals surface area contributed by atoms with Gasteiger partial charge in [0.25, 0.3) is 11.8 Å². The summed E-state index contributed by atoms with van der Waals surface area (Å²) in [5.74, 6) is -0.751. The van der Waals surface area contributed by atoms with Crippen LogP contribution in [0, 0.1) is 0 Å². The number of carbonyl (C=O) groups is 2. The monoisotopic (exact) mass is 473 g/mol. The van der Waals surface area contributed by atoms with Crippen LogP contribution in [-0.2, 0) is 13.1 Å². The number of para-hydroxylation sites is 1. The molecule has 0 spiro atoms. The third-order valence-corrected chi connectivity index (χ3v) is 7.66. The molecule has 0 fully saturated rings. The van der Waals surface area contributed by atoms with Crippen LogP contribution < -0.4 is 5.32 Å². The molecule has 8 rings (SSSR count). The molecule has 2 N–H and O–H groups in total. The SMILES string of the molecule is O=C1NC(=O)c2c1c1c3cc(-c4cncnc4)ccc3n3c1c1c2c2ccccc2n1CC(O)CC3. The van der Waals surface area contributed by atoms with Crippen molar-refractivity contribution in [2.45, 2.75) is 25.6 Å². The van der Waals surface area contributed by atoms with E-state index in [-0.39, 0.29) is 11.8 Å². The highest BCUT2D eigenvalue weighted by Gasteiger charge is 2.37. The number of aliphatic hydroxyl groups is 1. The van der Waals surface area contributed by atoms with Gasteiger partial charge < -0.3 is 14.2 Å². The fraction of sp³-hybridized carbons (Fsp3) is 0.143. The number of nitrogens with zero attached hydrogens (tertiary/aromatic N) is 4. The highest BCUT2D eigenvalue weighted by molar-refractivity contribution is 6.39. The molecule has 0 bridgehead atoms. The minimum atomic E-state index is -0.547. The zero-order valence-corrected chi connectivity index (χ0v) is 19.0. The van der Waals surface area contributed by atoms with Crippen molar-refractivity contribution in [2.24, 2.45) is 0 Å². The molecule has 8 heteroatoms. The number of hydrogen-bond donors (Lipinski definition) is 2. The average Bonchev–Trinajstić information content (AvgIpc) is 3.49. The molecule has 0 saturated heterocycles. The summed E-state index contributed by atoms with van der Waals surface area (Å²) >= 11 is 0. The quantitative estimate of drug-likeness (QED) is 0.352. The summed E-state index contributed by atoms with van der Waals surface area (Å²) in [6.45, 7) is 1.02. The molecular formula is C28H19N5O3. The van der Waals surface area contributed by atoms with Gasteiger partial charge in [-0.25, -0.2) is 9.97 Å². The predicted octanol–water partition coefficient (Wildman–Crippen LogP) is 4.01. The smallest absolute Gasteiger partial charge is 0.259 e. The first-order valence-corrected chi connectivity index (χ1v) is 11.9. The Labute approximate surface area is 203 Å². The largest absolute Gasteiger partial charge is 0.391 e. The maximum atomic E-state index is 13.3. The number of carbonyl (C=O) groups excluding carboxylic acids is 2. The number of hydrogen-bond acceptors (Lipinski definition) is 5. The number of rotatable bonds is 1. The molecular weight excluding hydrogens is 454 g/mol. The number of nitrogens with one attached hydrogen (secondary N) is 1. The summed E-state index contributed by atoms with van der Waals surface area (Å²) in [5, 5.41) is 16.8. The van der Waals surface area contributed by atoms with Crippen molar-refractivity contribution in [3.05, 3.63) is 72.3 Å². The molecule has 36 heavy (non-hydrogen) atoms. The molecule has 0 aliphatic carbocycles. The van der Waals surface area contributed by atoms with Crippen molar-refractivity contribution in [3.8, 4) is 11.1 Å². The van der Waals surface area contributed by atoms with E-state index in [9.17, 15) is 14.7 Å². The van der Waals surface area contributed by atoms with Crippen molar-refractivity contribution >= 4 is 55.4 Å². The molecule has 174 valence electrons. The van der Waals surface area contributed by atoms with Crippen molar-refractivity contribution < 1.29 is 14.7 Å². The van der Waals surface area contributed by atoms with Gasteiger partial charge in [-0.3, -0.25) is 14.9 Å². The Morgan fingerprint density at radius 2 is 1.53 bits per heavy atom. The van der Waals surface area contributed by atoms with E-state index in [0.29, 0.717) is 30.6 Å². The van der Waals surface area contributed by atoms with Crippen molar-refractivity contribution in [2.75, 3.05) is 0 Å². The fourth-order valence-corrected chi connectivity index (χ4v) is 6.22. The third-order valence-electron chi connectivity index (χ3n) is 7.66. The molecule has 0 radical (unpaired) electrons. The van der Waals surface area contributed by atoms with E-state index in [0.717, 1.165) is 54.7 Å². The van der Waals surface area contributed by atoms with E-state index in [4.69, 9.17) is 0 Å². The van der Waals surface area contributed by atoms with Gasteiger partial charge in [0.1, 0.15) is 6.33 Å². The molecule has 3 aromatic heterocycles. The number of aryl methyl sites for hydroxylation is 1. The first-order chi connectivity index (χ1) is 17.6. The second-order valence-electron chi connectivity index (χ2n) is 9.56.